The first-order chi connectivity index (χ1) is 10.0. The standard InChI is InChI=1S/C14H19ClN6/c1-3-10-12(17)20(8(2)16)11-7-18-14(15)19-13(11)21(10)9-5-4-6-9/h7,9-10,16-17H,3-6H2,1-2H3. The first kappa shape index (κ1) is 14.3. The highest BCUT2D eigenvalue weighted by atomic mass is 35.5. The van der Waals surface area contributed by atoms with Crippen LogP contribution in [0.3, 0.4) is 0 Å². The van der Waals surface area contributed by atoms with Gasteiger partial charge in [0, 0.05) is 6.04 Å². The Balaban J connectivity index is 2.16. The van der Waals surface area contributed by atoms with Gasteiger partial charge in [-0.3, -0.25) is 15.7 Å². The summed E-state index contributed by atoms with van der Waals surface area (Å²) in [5.41, 5.74) is 0.688. The molecule has 0 amide bonds. The lowest BCUT2D eigenvalue weighted by Gasteiger charge is -2.49. The van der Waals surface area contributed by atoms with Crippen molar-refractivity contribution in [3.63, 3.8) is 0 Å². The maximum atomic E-state index is 8.50. The number of anilines is 2. The quantitative estimate of drug-likeness (QED) is 0.500. The van der Waals surface area contributed by atoms with Crippen molar-refractivity contribution < 1.29 is 0 Å². The highest BCUT2D eigenvalue weighted by molar-refractivity contribution is 6.29. The van der Waals surface area contributed by atoms with E-state index in [4.69, 9.17) is 22.4 Å². The molecule has 112 valence electrons. The maximum Gasteiger partial charge on any atom is 0.224 e. The Morgan fingerprint density at radius 2 is 2.19 bits per heavy atom. The van der Waals surface area contributed by atoms with Gasteiger partial charge in [0.05, 0.1) is 12.2 Å². The Hall–Kier alpha value is -1.69. The Labute approximate surface area is 129 Å². The molecule has 1 aliphatic heterocycles. The van der Waals surface area contributed by atoms with Crippen LogP contribution in [-0.4, -0.2) is 33.7 Å². The summed E-state index contributed by atoms with van der Waals surface area (Å²) in [5, 5.41) is 16.7. The molecule has 1 fully saturated rings. The predicted octanol–water partition coefficient (Wildman–Crippen LogP) is 3.06. The molecule has 0 aromatic carbocycles. The molecule has 1 unspecified atom stereocenters. The van der Waals surface area contributed by atoms with Gasteiger partial charge in [0.15, 0.2) is 5.82 Å². The zero-order valence-corrected chi connectivity index (χ0v) is 13.0. The predicted molar refractivity (Wildman–Crippen MR) is 84.8 cm³/mol. The number of fused-ring (bicyclic) bond motifs is 1. The van der Waals surface area contributed by atoms with E-state index in [0.717, 1.165) is 25.1 Å². The number of halogens is 1. The summed E-state index contributed by atoms with van der Waals surface area (Å²) in [7, 11) is 0. The molecule has 0 radical (unpaired) electrons. The Morgan fingerprint density at radius 1 is 1.48 bits per heavy atom. The number of aromatic nitrogens is 2. The second kappa shape index (κ2) is 5.26. The number of hydrogen-bond donors (Lipinski definition) is 2. The van der Waals surface area contributed by atoms with Crippen molar-refractivity contribution in [2.24, 2.45) is 0 Å². The number of nitrogens with one attached hydrogen (secondary N) is 2. The maximum absolute atomic E-state index is 8.50. The van der Waals surface area contributed by atoms with Crippen LogP contribution in [-0.2, 0) is 0 Å². The van der Waals surface area contributed by atoms with E-state index in [1.807, 2.05) is 0 Å². The molecule has 2 N–H and O–H groups in total. The largest absolute Gasteiger partial charge is 0.342 e. The highest BCUT2D eigenvalue weighted by Crippen LogP contribution is 2.41. The minimum atomic E-state index is -0.0610. The molecule has 0 bridgehead atoms. The third-order valence-corrected chi connectivity index (χ3v) is 4.47. The first-order valence-corrected chi connectivity index (χ1v) is 7.67. The van der Waals surface area contributed by atoms with Gasteiger partial charge in [-0.15, -0.1) is 0 Å². The molecule has 1 aliphatic carbocycles. The van der Waals surface area contributed by atoms with Gasteiger partial charge in [-0.25, -0.2) is 4.98 Å². The van der Waals surface area contributed by atoms with Crippen molar-refractivity contribution >= 4 is 34.8 Å². The molecular formula is C14H19ClN6. The van der Waals surface area contributed by atoms with E-state index in [-0.39, 0.29) is 11.3 Å². The van der Waals surface area contributed by atoms with Gasteiger partial charge in [0.2, 0.25) is 5.28 Å². The van der Waals surface area contributed by atoms with E-state index in [9.17, 15) is 0 Å². The lowest BCUT2D eigenvalue weighted by Crippen LogP contribution is -2.59. The average molecular weight is 307 g/mol. The highest BCUT2D eigenvalue weighted by Gasteiger charge is 2.41. The lowest BCUT2D eigenvalue weighted by atomic mass is 9.88. The Bertz CT molecular complexity index is 597. The van der Waals surface area contributed by atoms with Gasteiger partial charge in [0.1, 0.15) is 17.4 Å². The SMILES string of the molecule is CCC1C(=N)N(C(C)=N)c2cnc(Cl)nc2N1C1CCC1. The van der Waals surface area contributed by atoms with E-state index >= 15 is 0 Å². The summed E-state index contributed by atoms with van der Waals surface area (Å²) >= 11 is 5.99. The monoisotopic (exact) mass is 306 g/mol. The minimum absolute atomic E-state index is 0.0610. The zero-order chi connectivity index (χ0) is 15.1. The Morgan fingerprint density at radius 3 is 2.71 bits per heavy atom. The fourth-order valence-corrected chi connectivity index (χ4v) is 3.22. The van der Waals surface area contributed by atoms with E-state index in [0.29, 0.717) is 23.4 Å². The minimum Gasteiger partial charge on any atom is -0.342 e. The summed E-state index contributed by atoms with van der Waals surface area (Å²) < 4.78 is 0. The van der Waals surface area contributed by atoms with Gasteiger partial charge in [0.25, 0.3) is 0 Å². The van der Waals surface area contributed by atoms with Crippen LogP contribution >= 0.6 is 11.6 Å². The van der Waals surface area contributed by atoms with Crippen molar-refractivity contribution in [3.05, 3.63) is 11.5 Å². The number of hydrogen-bond acceptors (Lipinski definition) is 5. The third-order valence-electron chi connectivity index (χ3n) is 4.29. The van der Waals surface area contributed by atoms with E-state index < -0.39 is 0 Å². The van der Waals surface area contributed by atoms with Crippen LogP contribution < -0.4 is 9.80 Å². The van der Waals surface area contributed by atoms with E-state index in [1.54, 1.807) is 18.0 Å². The van der Waals surface area contributed by atoms with Crippen LogP contribution in [0.2, 0.25) is 5.28 Å². The molecule has 7 heteroatoms. The molecule has 6 nitrogen and oxygen atoms in total. The molecule has 2 aliphatic rings. The van der Waals surface area contributed by atoms with Crippen molar-refractivity contribution in [1.29, 1.82) is 10.8 Å². The number of nitrogens with zero attached hydrogens (tertiary/aromatic N) is 4. The summed E-state index contributed by atoms with van der Waals surface area (Å²) in [6.45, 7) is 3.74. The summed E-state index contributed by atoms with van der Waals surface area (Å²) in [6.07, 6.45) is 5.88. The van der Waals surface area contributed by atoms with Crippen LogP contribution in [0.25, 0.3) is 0 Å². The molecule has 3 rings (SSSR count). The summed E-state index contributed by atoms with van der Waals surface area (Å²) in [4.78, 5) is 12.3. The van der Waals surface area contributed by atoms with Crippen LogP contribution in [0.1, 0.15) is 39.5 Å². The Kier molecular flexibility index (Phi) is 3.57. The van der Waals surface area contributed by atoms with Crippen molar-refractivity contribution in [2.45, 2.75) is 51.6 Å². The van der Waals surface area contributed by atoms with E-state index in [1.165, 1.54) is 6.42 Å². The molecule has 1 atom stereocenters. The molecule has 21 heavy (non-hydrogen) atoms. The van der Waals surface area contributed by atoms with Gasteiger partial charge in [-0.2, -0.15) is 4.98 Å². The van der Waals surface area contributed by atoms with Crippen LogP contribution in [0, 0.1) is 10.8 Å². The fraction of sp³-hybridized carbons (Fsp3) is 0.571. The topological polar surface area (TPSA) is 80.0 Å². The van der Waals surface area contributed by atoms with Gasteiger partial charge >= 0.3 is 0 Å². The fourth-order valence-electron chi connectivity index (χ4n) is 3.10. The molecule has 1 saturated carbocycles. The van der Waals surface area contributed by atoms with Crippen molar-refractivity contribution in [3.8, 4) is 0 Å². The van der Waals surface area contributed by atoms with E-state index in [2.05, 4.69) is 21.8 Å². The average Bonchev–Trinajstić information content (AvgIpc) is 2.37. The molecule has 1 aromatic heterocycles. The third kappa shape index (κ3) is 2.18. The van der Waals surface area contributed by atoms with Gasteiger partial charge in [-0.1, -0.05) is 6.92 Å². The lowest BCUT2D eigenvalue weighted by molar-refractivity contribution is 0.369. The molecular weight excluding hydrogens is 288 g/mol. The van der Waals surface area contributed by atoms with Crippen LogP contribution in [0.4, 0.5) is 11.5 Å². The van der Waals surface area contributed by atoms with Gasteiger partial charge in [-0.05, 0) is 44.2 Å². The first-order valence-electron chi connectivity index (χ1n) is 7.29. The van der Waals surface area contributed by atoms with Crippen molar-refractivity contribution in [2.75, 3.05) is 9.80 Å². The second-order valence-corrected chi connectivity index (χ2v) is 5.91. The molecule has 2 heterocycles. The second-order valence-electron chi connectivity index (χ2n) is 5.57. The molecule has 0 spiro atoms. The zero-order valence-electron chi connectivity index (χ0n) is 12.2. The summed E-state index contributed by atoms with van der Waals surface area (Å²) in [6, 6.07) is 0.349. The van der Waals surface area contributed by atoms with Crippen LogP contribution in [0.5, 0.6) is 0 Å². The molecule has 1 aromatic rings. The molecule has 0 saturated heterocycles. The van der Waals surface area contributed by atoms with Crippen LogP contribution in [0.15, 0.2) is 6.20 Å². The number of amidine groups is 2. The van der Waals surface area contributed by atoms with Gasteiger partial charge < -0.3 is 4.90 Å². The smallest absolute Gasteiger partial charge is 0.224 e. The number of rotatable bonds is 2. The van der Waals surface area contributed by atoms with Crippen molar-refractivity contribution in [1.82, 2.24) is 9.97 Å². The summed E-state index contributed by atoms with van der Waals surface area (Å²) in [5.74, 6) is 1.49. The normalized spacial score (nSPS) is 22.0.